The van der Waals surface area contributed by atoms with Crippen LogP contribution in [0.5, 0.6) is 0 Å². The van der Waals surface area contributed by atoms with Gasteiger partial charge in [0.25, 0.3) is 0 Å². The Balaban J connectivity index is 4.44. The molecule has 0 saturated carbocycles. The molecule has 0 saturated heterocycles. The highest BCUT2D eigenvalue weighted by Crippen LogP contribution is 2.43. The lowest BCUT2D eigenvalue weighted by Gasteiger charge is -2.24. The van der Waals surface area contributed by atoms with Crippen LogP contribution in [0.25, 0.3) is 0 Å². The number of nitrogens with zero attached hydrogens (tertiary/aromatic N) is 1. The van der Waals surface area contributed by atoms with Crippen LogP contribution >= 0.6 is 7.82 Å². The Labute approximate surface area is 294 Å². The van der Waals surface area contributed by atoms with Crippen LogP contribution < -0.4 is 0 Å². The fourth-order valence-electron chi connectivity index (χ4n) is 4.93. The summed E-state index contributed by atoms with van der Waals surface area (Å²) in [4.78, 5) is 35.0. The zero-order valence-corrected chi connectivity index (χ0v) is 32.4. The van der Waals surface area contributed by atoms with Gasteiger partial charge in [0, 0.05) is 12.8 Å². The largest absolute Gasteiger partial charge is 0.472 e. The summed E-state index contributed by atoms with van der Waals surface area (Å²) in [6.45, 7) is 4.31. The zero-order valence-electron chi connectivity index (χ0n) is 31.5. The molecule has 0 bridgehead atoms. The monoisotopic (exact) mass is 703 g/mol. The van der Waals surface area contributed by atoms with Crippen LogP contribution in [0.3, 0.4) is 0 Å². The van der Waals surface area contributed by atoms with Gasteiger partial charge >= 0.3 is 19.8 Å². The number of allylic oxidation sites excluding steroid dienone is 4. The number of esters is 2. The molecule has 48 heavy (non-hydrogen) atoms. The molecule has 0 aliphatic carbocycles. The van der Waals surface area contributed by atoms with Gasteiger partial charge in [-0.15, -0.1) is 0 Å². The molecule has 1 unspecified atom stereocenters. The molecule has 0 amide bonds. The fourth-order valence-corrected chi connectivity index (χ4v) is 5.68. The third-order valence-electron chi connectivity index (χ3n) is 7.98. The van der Waals surface area contributed by atoms with Crippen molar-refractivity contribution in [2.45, 2.75) is 161 Å². The molecule has 282 valence electrons. The molecule has 0 aliphatic rings. The number of likely N-dealkylation sites (N-methyl/N-ethyl adjacent to an activating group) is 1. The van der Waals surface area contributed by atoms with E-state index in [1.165, 1.54) is 83.5 Å². The standard InChI is InChI=1S/C38H72NO8P/c1-6-8-10-12-14-15-16-17-18-19-20-21-22-23-25-27-29-31-38(41)47-36(35-46-48(42,43)45-33-32-39(3,4)5)34-44-37(40)30-28-26-24-13-11-9-7-2/h20-21,23,25,36H,6-19,22,24,26-35H2,1-5H3/p+1/b21-20+,25-23+/t36-/m1/s1. The molecule has 9 nitrogen and oxygen atoms in total. The number of rotatable bonds is 34. The van der Waals surface area contributed by atoms with E-state index >= 15 is 0 Å². The number of carbonyl (C=O) groups excluding carboxylic acids is 2. The Hall–Kier alpha value is -1.51. The lowest BCUT2D eigenvalue weighted by molar-refractivity contribution is -0.870. The Morgan fingerprint density at radius 1 is 0.646 bits per heavy atom. The van der Waals surface area contributed by atoms with Gasteiger partial charge in [-0.2, -0.15) is 0 Å². The maximum Gasteiger partial charge on any atom is 0.472 e. The van der Waals surface area contributed by atoms with Crippen LogP contribution in [0.1, 0.15) is 155 Å². The average molecular weight is 703 g/mol. The summed E-state index contributed by atoms with van der Waals surface area (Å²) in [5.74, 6) is -0.858. The van der Waals surface area contributed by atoms with Gasteiger partial charge < -0.3 is 18.9 Å². The lowest BCUT2D eigenvalue weighted by Crippen LogP contribution is -2.37. The molecular formula is C38H73NO8P+. The van der Waals surface area contributed by atoms with Crippen LogP contribution in [-0.4, -0.2) is 74.9 Å². The van der Waals surface area contributed by atoms with Crippen molar-refractivity contribution < 1.29 is 42.1 Å². The second-order valence-electron chi connectivity index (χ2n) is 14.0. The van der Waals surface area contributed by atoms with E-state index in [4.69, 9.17) is 18.5 Å². The molecule has 0 fully saturated rings. The van der Waals surface area contributed by atoms with Gasteiger partial charge in [-0.3, -0.25) is 18.6 Å². The Morgan fingerprint density at radius 3 is 1.71 bits per heavy atom. The SMILES string of the molecule is CCCCCCCCCCC/C=C/C/C=C/CCCC(=O)O[C@H](COC(=O)CCCCCCCCC)COP(=O)(O)OCC[N+](C)(C)C. The molecular weight excluding hydrogens is 629 g/mol. The van der Waals surface area contributed by atoms with Gasteiger partial charge in [-0.25, -0.2) is 4.57 Å². The summed E-state index contributed by atoms with van der Waals surface area (Å²) < 4.78 is 34.0. The number of quaternary nitrogens is 1. The molecule has 10 heteroatoms. The molecule has 0 heterocycles. The van der Waals surface area contributed by atoms with Gasteiger partial charge in [0.15, 0.2) is 6.10 Å². The number of unbranched alkanes of at least 4 members (excludes halogenated alkanes) is 16. The topological polar surface area (TPSA) is 108 Å². The van der Waals surface area contributed by atoms with Gasteiger partial charge in [0.05, 0.1) is 27.7 Å². The number of hydrogen-bond donors (Lipinski definition) is 1. The van der Waals surface area contributed by atoms with Crippen LogP contribution in [0.4, 0.5) is 0 Å². The number of carbonyl (C=O) groups is 2. The van der Waals surface area contributed by atoms with Gasteiger partial charge in [-0.05, 0) is 38.5 Å². The highest BCUT2D eigenvalue weighted by molar-refractivity contribution is 7.47. The van der Waals surface area contributed by atoms with Crippen molar-refractivity contribution in [1.29, 1.82) is 0 Å². The van der Waals surface area contributed by atoms with E-state index in [0.29, 0.717) is 17.4 Å². The van der Waals surface area contributed by atoms with E-state index in [-0.39, 0.29) is 32.0 Å². The van der Waals surface area contributed by atoms with Gasteiger partial charge in [0.1, 0.15) is 19.8 Å². The molecule has 0 spiro atoms. The second kappa shape index (κ2) is 31.5. The number of phosphoric ester groups is 1. The smallest absolute Gasteiger partial charge is 0.462 e. The molecule has 0 aromatic heterocycles. The van der Waals surface area contributed by atoms with Crippen molar-refractivity contribution in [3.63, 3.8) is 0 Å². The first-order valence-electron chi connectivity index (χ1n) is 19.1. The summed E-state index contributed by atoms with van der Waals surface area (Å²) in [6, 6.07) is 0. The van der Waals surface area contributed by atoms with Crippen LogP contribution in [0.2, 0.25) is 0 Å². The van der Waals surface area contributed by atoms with Gasteiger partial charge in [-0.1, -0.05) is 128 Å². The first kappa shape index (κ1) is 46.5. The summed E-state index contributed by atoms with van der Waals surface area (Å²) in [5.41, 5.74) is 0. The minimum Gasteiger partial charge on any atom is -0.462 e. The van der Waals surface area contributed by atoms with Crippen molar-refractivity contribution in [2.75, 3.05) is 47.5 Å². The molecule has 1 N–H and O–H groups in total. The molecule has 0 aromatic rings. The van der Waals surface area contributed by atoms with E-state index in [2.05, 4.69) is 38.2 Å². The average Bonchev–Trinajstić information content (AvgIpc) is 3.02. The van der Waals surface area contributed by atoms with E-state index in [1.807, 2.05) is 21.1 Å². The van der Waals surface area contributed by atoms with Crippen LogP contribution in [0.15, 0.2) is 24.3 Å². The highest BCUT2D eigenvalue weighted by atomic mass is 31.2. The fraction of sp³-hybridized carbons (Fsp3) is 0.842. The summed E-state index contributed by atoms with van der Waals surface area (Å²) in [6.07, 6.45) is 31.1. The van der Waals surface area contributed by atoms with Crippen molar-refractivity contribution in [3.8, 4) is 0 Å². The van der Waals surface area contributed by atoms with Crippen molar-refractivity contribution in [1.82, 2.24) is 0 Å². The van der Waals surface area contributed by atoms with E-state index in [9.17, 15) is 19.0 Å². The van der Waals surface area contributed by atoms with Crippen molar-refractivity contribution in [2.24, 2.45) is 0 Å². The maximum absolute atomic E-state index is 12.6. The Morgan fingerprint density at radius 2 is 1.15 bits per heavy atom. The Bertz CT molecular complexity index is 886. The molecule has 2 atom stereocenters. The molecule has 0 aliphatic heterocycles. The zero-order chi connectivity index (χ0) is 35.8. The quantitative estimate of drug-likeness (QED) is 0.0232. The normalized spacial score (nSPS) is 14.0. The molecule has 0 rings (SSSR count). The van der Waals surface area contributed by atoms with Crippen LogP contribution in [-0.2, 0) is 32.7 Å². The molecule has 0 aromatic carbocycles. The van der Waals surface area contributed by atoms with E-state index < -0.39 is 26.5 Å². The Kier molecular flexibility index (Phi) is 30.5. The lowest BCUT2D eigenvalue weighted by atomic mass is 10.1. The third kappa shape index (κ3) is 34.4. The minimum atomic E-state index is -4.37. The maximum atomic E-state index is 12.6. The number of phosphoric acid groups is 1. The van der Waals surface area contributed by atoms with Crippen molar-refractivity contribution in [3.05, 3.63) is 24.3 Å². The first-order chi connectivity index (χ1) is 23.0. The third-order valence-corrected chi connectivity index (χ3v) is 8.97. The summed E-state index contributed by atoms with van der Waals surface area (Å²) in [7, 11) is 1.45. The minimum absolute atomic E-state index is 0.0256. The first-order valence-corrected chi connectivity index (χ1v) is 20.6. The summed E-state index contributed by atoms with van der Waals surface area (Å²) >= 11 is 0. The summed E-state index contributed by atoms with van der Waals surface area (Å²) in [5, 5.41) is 0. The van der Waals surface area contributed by atoms with Gasteiger partial charge in [0.2, 0.25) is 0 Å². The predicted octanol–water partition coefficient (Wildman–Crippen LogP) is 10.0. The van der Waals surface area contributed by atoms with Crippen molar-refractivity contribution >= 4 is 19.8 Å². The van der Waals surface area contributed by atoms with Crippen LogP contribution in [0, 0.1) is 0 Å². The van der Waals surface area contributed by atoms with E-state index in [0.717, 1.165) is 38.5 Å². The highest BCUT2D eigenvalue weighted by Gasteiger charge is 2.27. The number of ether oxygens (including phenoxy) is 2. The van der Waals surface area contributed by atoms with E-state index in [1.54, 1.807) is 0 Å². The predicted molar refractivity (Wildman–Crippen MR) is 197 cm³/mol. The second-order valence-corrected chi connectivity index (χ2v) is 15.4. The number of hydrogen-bond acceptors (Lipinski definition) is 7. The molecule has 0 radical (unpaired) electrons.